The maximum absolute atomic E-state index is 11.2. The molecule has 4 heteroatoms. The van der Waals surface area contributed by atoms with E-state index < -0.39 is 0 Å². The Morgan fingerprint density at radius 1 is 1.50 bits per heavy atom. The van der Waals surface area contributed by atoms with Crippen LogP contribution in [0.25, 0.3) is 0 Å². The number of rotatable bonds is 0. The summed E-state index contributed by atoms with van der Waals surface area (Å²) in [4.78, 5) is 17.6. The normalized spacial score (nSPS) is 15.5. The van der Waals surface area contributed by atoms with E-state index in [9.17, 15) is 4.79 Å². The number of hydrogen-bond acceptors (Lipinski definition) is 2. The van der Waals surface area contributed by atoms with Crippen molar-refractivity contribution in [2.75, 3.05) is 6.54 Å². The van der Waals surface area contributed by atoms with E-state index in [1.165, 1.54) is 5.69 Å². The first-order valence-corrected chi connectivity index (χ1v) is 4.86. The van der Waals surface area contributed by atoms with Crippen LogP contribution >= 0.6 is 0 Å². The maximum atomic E-state index is 11.2. The standard InChI is InChI=1S/C10H15N3O/c1-7-11-9-4-5-13(8(2)14)6-10(9)12(7)3/h4-6H2,1-3H3. The largest absolute Gasteiger partial charge is 0.337 e. The van der Waals surface area contributed by atoms with Crippen molar-refractivity contribution in [3.8, 4) is 0 Å². The van der Waals surface area contributed by atoms with Crippen molar-refractivity contribution in [3.05, 3.63) is 17.2 Å². The van der Waals surface area contributed by atoms with Crippen LogP contribution in [0.3, 0.4) is 0 Å². The highest BCUT2D eigenvalue weighted by Crippen LogP contribution is 2.18. The number of fused-ring (bicyclic) bond motifs is 1. The number of carbonyl (C=O) groups is 1. The predicted octanol–water partition coefficient (Wildman–Crippen LogP) is 0.633. The highest BCUT2D eigenvalue weighted by molar-refractivity contribution is 5.73. The molecule has 1 aromatic heterocycles. The highest BCUT2D eigenvalue weighted by Gasteiger charge is 2.22. The number of amides is 1. The first-order chi connectivity index (χ1) is 6.59. The third-order valence-corrected chi connectivity index (χ3v) is 2.92. The molecule has 0 aliphatic carbocycles. The first kappa shape index (κ1) is 9.24. The molecule has 0 N–H and O–H groups in total. The third-order valence-electron chi connectivity index (χ3n) is 2.92. The quantitative estimate of drug-likeness (QED) is 0.606. The average molecular weight is 193 g/mol. The summed E-state index contributed by atoms with van der Waals surface area (Å²) >= 11 is 0. The Labute approximate surface area is 83.5 Å². The molecule has 1 aromatic rings. The summed E-state index contributed by atoms with van der Waals surface area (Å²) < 4.78 is 2.07. The molecular formula is C10H15N3O. The van der Waals surface area contributed by atoms with Crippen molar-refractivity contribution >= 4 is 5.91 Å². The summed E-state index contributed by atoms with van der Waals surface area (Å²) in [5.41, 5.74) is 2.34. The molecule has 0 spiro atoms. The van der Waals surface area contributed by atoms with Crippen LogP contribution in [0.15, 0.2) is 0 Å². The lowest BCUT2D eigenvalue weighted by atomic mass is 10.1. The fraction of sp³-hybridized carbons (Fsp3) is 0.600. The van der Waals surface area contributed by atoms with E-state index in [4.69, 9.17) is 0 Å². The Morgan fingerprint density at radius 3 is 2.86 bits per heavy atom. The van der Waals surface area contributed by atoms with Gasteiger partial charge < -0.3 is 9.47 Å². The van der Waals surface area contributed by atoms with Gasteiger partial charge in [-0.2, -0.15) is 0 Å². The van der Waals surface area contributed by atoms with Gasteiger partial charge in [0.15, 0.2) is 0 Å². The molecule has 0 radical (unpaired) electrons. The molecule has 76 valence electrons. The number of nitrogens with zero attached hydrogens (tertiary/aromatic N) is 3. The van der Waals surface area contributed by atoms with Crippen molar-refractivity contribution < 1.29 is 4.79 Å². The molecule has 1 amide bonds. The topological polar surface area (TPSA) is 38.1 Å². The number of carbonyl (C=O) groups excluding carboxylic acids is 1. The van der Waals surface area contributed by atoms with Gasteiger partial charge in [-0.15, -0.1) is 0 Å². The summed E-state index contributed by atoms with van der Waals surface area (Å²) in [5.74, 6) is 1.18. The Kier molecular flexibility index (Phi) is 2.06. The summed E-state index contributed by atoms with van der Waals surface area (Å²) in [6.45, 7) is 5.13. The second kappa shape index (κ2) is 3.12. The SMILES string of the molecule is CC(=O)N1CCc2nc(C)n(C)c2C1. The molecular weight excluding hydrogens is 178 g/mol. The second-order valence-electron chi connectivity index (χ2n) is 3.80. The average Bonchev–Trinajstić information content (AvgIpc) is 2.43. The van der Waals surface area contributed by atoms with E-state index in [-0.39, 0.29) is 5.91 Å². The van der Waals surface area contributed by atoms with Crippen LogP contribution in [0.4, 0.5) is 0 Å². The summed E-state index contributed by atoms with van der Waals surface area (Å²) in [5, 5.41) is 0. The Morgan fingerprint density at radius 2 is 2.21 bits per heavy atom. The smallest absolute Gasteiger partial charge is 0.219 e. The summed E-state index contributed by atoms with van der Waals surface area (Å²) in [6.07, 6.45) is 0.886. The van der Waals surface area contributed by atoms with Gasteiger partial charge in [0.1, 0.15) is 5.82 Å². The zero-order valence-electron chi connectivity index (χ0n) is 8.87. The lowest BCUT2D eigenvalue weighted by Gasteiger charge is -2.25. The molecule has 4 nitrogen and oxygen atoms in total. The predicted molar refractivity (Wildman–Crippen MR) is 52.7 cm³/mol. The van der Waals surface area contributed by atoms with Gasteiger partial charge in [0.2, 0.25) is 5.91 Å². The van der Waals surface area contributed by atoms with Gasteiger partial charge in [0, 0.05) is 26.9 Å². The maximum Gasteiger partial charge on any atom is 0.219 e. The molecule has 2 heterocycles. The van der Waals surface area contributed by atoms with Gasteiger partial charge in [-0.3, -0.25) is 4.79 Å². The van der Waals surface area contributed by atoms with Crippen LogP contribution in [-0.4, -0.2) is 26.9 Å². The summed E-state index contributed by atoms with van der Waals surface area (Å²) in [6, 6.07) is 0. The molecule has 0 bridgehead atoms. The zero-order valence-corrected chi connectivity index (χ0v) is 8.87. The molecule has 0 aromatic carbocycles. The Balaban J connectivity index is 2.33. The molecule has 0 atom stereocenters. The molecule has 1 aliphatic rings. The van der Waals surface area contributed by atoms with Gasteiger partial charge in [0.25, 0.3) is 0 Å². The zero-order chi connectivity index (χ0) is 10.3. The van der Waals surface area contributed by atoms with Crippen molar-refractivity contribution in [2.45, 2.75) is 26.8 Å². The lowest BCUT2D eigenvalue weighted by molar-refractivity contribution is -0.129. The van der Waals surface area contributed by atoms with Crippen molar-refractivity contribution in [2.24, 2.45) is 7.05 Å². The molecule has 1 aliphatic heterocycles. The van der Waals surface area contributed by atoms with Gasteiger partial charge in [-0.25, -0.2) is 4.98 Å². The van der Waals surface area contributed by atoms with E-state index in [1.54, 1.807) is 6.92 Å². The fourth-order valence-corrected chi connectivity index (χ4v) is 1.89. The van der Waals surface area contributed by atoms with Crippen LogP contribution in [-0.2, 0) is 24.8 Å². The van der Waals surface area contributed by atoms with Crippen LogP contribution in [0.1, 0.15) is 24.1 Å². The third kappa shape index (κ3) is 1.31. The minimum atomic E-state index is 0.148. The van der Waals surface area contributed by atoms with Crippen molar-refractivity contribution in [1.82, 2.24) is 14.5 Å². The van der Waals surface area contributed by atoms with E-state index in [0.29, 0.717) is 6.54 Å². The fourth-order valence-electron chi connectivity index (χ4n) is 1.89. The van der Waals surface area contributed by atoms with Gasteiger partial charge in [0.05, 0.1) is 17.9 Å². The van der Waals surface area contributed by atoms with Crippen molar-refractivity contribution in [3.63, 3.8) is 0 Å². The van der Waals surface area contributed by atoms with Crippen LogP contribution in [0.5, 0.6) is 0 Å². The minimum absolute atomic E-state index is 0.148. The molecule has 2 rings (SSSR count). The molecule has 0 unspecified atom stereocenters. The monoisotopic (exact) mass is 193 g/mol. The summed E-state index contributed by atoms with van der Waals surface area (Å²) in [7, 11) is 2.00. The van der Waals surface area contributed by atoms with E-state index in [1.807, 2.05) is 18.9 Å². The van der Waals surface area contributed by atoms with Crippen LogP contribution in [0, 0.1) is 6.92 Å². The number of imidazole rings is 1. The second-order valence-corrected chi connectivity index (χ2v) is 3.80. The first-order valence-electron chi connectivity index (χ1n) is 4.86. The Bertz CT molecular complexity index is 381. The Hall–Kier alpha value is -1.32. The number of hydrogen-bond donors (Lipinski definition) is 0. The van der Waals surface area contributed by atoms with Crippen LogP contribution in [0.2, 0.25) is 0 Å². The van der Waals surface area contributed by atoms with Gasteiger partial charge >= 0.3 is 0 Å². The molecule has 0 saturated heterocycles. The van der Waals surface area contributed by atoms with Crippen molar-refractivity contribution in [1.29, 1.82) is 0 Å². The molecule has 0 fully saturated rings. The van der Waals surface area contributed by atoms with Crippen LogP contribution < -0.4 is 0 Å². The highest BCUT2D eigenvalue weighted by atomic mass is 16.2. The number of aromatic nitrogens is 2. The van der Waals surface area contributed by atoms with E-state index in [0.717, 1.165) is 24.5 Å². The molecule has 14 heavy (non-hydrogen) atoms. The number of aryl methyl sites for hydroxylation is 1. The van der Waals surface area contributed by atoms with E-state index in [2.05, 4.69) is 9.55 Å². The van der Waals surface area contributed by atoms with Gasteiger partial charge in [-0.05, 0) is 6.92 Å². The van der Waals surface area contributed by atoms with Gasteiger partial charge in [-0.1, -0.05) is 0 Å². The lowest BCUT2D eigenvalue weighted by Crippen LogP contribution is -2.34. The minimum Gasteiger partial charge on any atom is -0.337 e. The molecule has 0 saturated carbocycles. The van der Waals surface area contributed by atoms with E-state index >= 15 is 0 Å².